The first-order valence-corrected chi connectivity index (χ1v) is 11.9. The number of ether oxygens (including phenoxy) is 1. The van der Waals surface area contributed by atoms with Gasteiger partial charge in [-0.15, -0.1) is 0 Å². The van der Waals surface area contributed by atoms with Crippen LogP contribution in [0.1, 0.15) is 56.6 Å². The quantitative estimate of drug-likeness (QED) is 0.408. The van der Waals surface area contributed by atoms with Gasteiger partial charge >= 0.3 is 5.90 Å². The van der Waals surface area contributed by atoms with Crippen molar-refractivity contribution < 1.29 is 14.2 Å². The summed E-state index contributed by atoms with van der Waals surface area (Å²) in [6.07, 6.45) is 7.21. The number of halogens is 1. The van der Waals surface area contributed by atoms with Gasteiger partial charge in [-0.1, -0.05) is 19.3 Å². The Balaban J connectivity index is 1.67. The predicted molar refractivity (Wildman–Crippen MR) is 131 cm³/mol. The van der Waals surface area contributed by atoms with Crippen molar-refractivity contribution in [1.82, 2.24) is 10.3 Å². The number of nitrogens with one attached hydrogen (secondary N) is 2. The van der Waals surface area contributed by atoms with Crippen LogP contribution in [0.3, 0.4) is 0 Å². The van der Waals surface area contributed by atoms with Crippen LogP contribution in [0, 0.1) is 18.2 Å². The summed E-state index contributed by atoms with van der Waals surface area (Å²) in [6, 6.07) is 5.77. The molecule has 2 fully saturated rings. The van der Waals surface area contributed by atoms with E-state index in [1.807, 2.05) is 6.07 Å². The summed E-state index contributed by atoms with van der Waals surface area (Å²) in [5, 5.41) is 20.8. The molecule has 1 saturated heterocycles. The van der Waals surface area contributed by atoms with Crippen molar-refractivity contribution in [3.63, 3.8) is 0 Å². The van der Waals surface area contributed by atoms with Crippen LogP contribution in [0.5, 0.6) is 0 Å². The third-order valence-electron chi connectivity index (χ3n) is 6.91. The van der Waals surface area contributed by atoms with Gasteiger partial charge in [0.1, 0.15) is 23.0 Å². The van der Waals surface area contributed by atoms with Gasteiger partial charge in [0, 0.05) is 43.2 Å². The topological polar surface area (TPSA) is 96.5 Å². The molecule has 0 bridgehead atoms. The maximum Gasteiger partial charge on any atom is 0.369 e. The minimum Gasteiger partial charge on any atom is -0.578 e. The van der Waals surface area contributed by atoms with Crippen molar-refractivity contribution in [3.8, 4) is 0 Å². The zero-order chi connectivity index (χ0) is 23.5. The number of anilines is 1. The van der Waals surface area contributed by atoms with Crippen LogP contribution in [-0.2, 0) is 4.74 Å². The molecule has 2 aromatic rings. The Morgan fingerprint density at radius 1 is 1.27 bits per heavy atom. The molecule has 4 N–H and O–H groups in total. The molecule has 1 saturated carbocycles. The van der Waals surface area contributed by atoms with E-state index in [1.54, 1.807) is 27.0 Å². The number of rotatable bonds is 5. The lowest BCUT2D eigenvalue weighted by Crippen LogP contribution is -2.56. The average molecular weight is 457 g/mol. The normalized spacial score (nSPS) is 22.7. The summed E-state index contributed by atoms with van der Waals surface area (Å²) < 4.78 is 20.2. The number of fused-ring (bicyclic) bond motifs is 1. The van der Waals surface area contributed by atoms with Crippen LogP contribution >= 0.6 is 0 Å². The molecular formula is C25H35FN5O2+. The van der Waals surface area contributed by atoms with Crippen molar-refractivity contribution >= 4 is 28.5 Å². The number of hydrogen-bond donors (Lipinski definition) is 2. The monoisotopic (exact) mass is 456 g/mol. The number of aryl methyl sites for hydroxylation is 1. The van der Waals surface area contributed by atoms with Crippen LogP contribution < -0.4 is 10.2 Å². The maximum absolute atomic E-state index is 14.3. The van der Waals surface area contributed by atoms with E-state index < -0.39 is 0 Å². The molecule has 8 heteroatoms. The molecule has 2 heterocycles. The van der Waals surface area contributed by atoms with Crippen molar-refractivity contribution in [3.05, 3.63) is 35.1 Å². The fourth-order valence-corrected chi connectivity index (χ4v) is 5.10. The molecule has 33 heavy (non-hydrogen) atoms. The van der Waals surface area contributed by atoms with Gasteiger partial charge in [0.15, 0.2) is 0 Å². The summed E-state index contributed by atoms with van der Waals surface area (Å²) in [4.78, 5) is 11.0. The second-order valence-corrected chi connectivity index (χ2v) is 9.27. The van der Waals surface area contributed by atoms with Gasteiger partial charge in [0.2, 0.25) is 0 Å². The van der Waals surface area contributed by atoms with Gasteiger partial charge in [0.05, 0.1) is 11.6 Å². The van der Waals surface area contributed by atoms with E-state index in [0.717, 1.165) is 18.4 Å². The fraction of sp³-hybridized carbons (Fsp3) is 0.560. The molecule has 2 atom stereocenters. The molecule has 1 aliphatic heterocycles. The van der Waals surface area contributed by atoms with E-state index in [0.29, 0.717) is 35.0 Å². The van der Waals surface area contributed by atoms with Gasteiger partial charge < -0.3 is 20.1 Å². The minimum absolute atomic E-state index is 0.00898. The molecule has 1 aromatic heterocycles. The average Bonchev–Trinajstić information content (AvgIpc) is 2.81. The van der Waals surface area contributed by atoms with Crippen LogP contribution in [0.4, 0.5) is 10.2 Å². The lowest BCUT2D eigenvalue weighted by molar-refractivity contribution is 0.0534. The molecule has 0 amide bonds. The number of aromatic nitrogens is 1. The first-order valence-electron chi connectivity index (χ1n) is 11.9. The third-order valence-corrected chi connectivity index (χ3v) is 6.91. The first-order chi connectivity index (χ1) is 15.9. The van der Waals surface area contributed by atoms with Crippen molar-refractivity contribution in [2.75, 3.05) is 25.1 Å². The number of nitrogens with zero attached hydrogens (tertiary/aromatic N) is 3. The fourth-order valence-electron chi connectivity index (χ4n) is 5.10. The van der Waals surface area contributed by atoms with Crippen molar-refractivity contribution in [2.45, 2.75) is 70.6 Å². The first kappa shape index (κ1) is 23.6. The smallest absolute Gasteiger partial charge is 0.369 e. The van der Waals surface area contributed by atoms with Crippen molar-refractivity contribution in [2.24, 2.45) is 4.99 Å². The molecule has 1 aliphatic carbocycles. The number of methoxy groups -OCH3 is 1. The zero-order valence-electron chi connectivity index (χ0n) is 19.7. The zero-order valence-corrected chi connectivity index (χ0v) is 19.7. The summed E-state index contributed by atoms with van der Waals surface area (Å²) in [5.41, 5.74) is 1.63. The number of amidine groups is 1. The highest BCUT2D eigenvalue weighted by molar-refractivity contribution is 6.06. The Kier molecular flexibility index (Phi) is 7.24. The Labute approximate surface area is 194 Å². The molecule has 4 rings (SSSR count). The van der Waals surface area contributed by atoms with Gasteiger partial charge in [0.25, 0.3) is 0 Å². The number of benzene rings is 1. The van der Waals surface area contributed by atoms with E-state index in [2.05, 4.69) is 15.2 Å². The maximum atomic E-state index is 14.3. The van der Waals surface area contributed by atoms with Crippen LogP contribution in [0.25, 0.3) is 10.9 Å². The van der Waals surface area contributed by atoms with Gasteiger partial charge in [-0.3, -0.25) is 5.41 Å². The number of hydrogen-bond acceptors (Lipinski definition) is 5. The number of pyridine rings is 1. The number of aliphatic imine (C=N–C) groups is 1. The highest BCUT2D eigenvalue weighted by Crippen LogP contribution is 2.30. The molecule has 1 aromatic carbocycles. The van der Waals surface area contributed by atoms with Crippen LogP contribution in [-0.4, -0.2) is 60.2 Å². The van der Waals surface area contributed by atoms with E-state index in [4.69, 9.17) is 20.2 Å². The van der Waals surface area contributed by atoms with E-state index in [-0.39, 0.29) is 29.7 Å². The Bertz CT molecular complexity index is 1050. The Morgan fingerprint density at radius 2 is 2.03 bits per heavy atom. The summed E-state index contributed by atoms with van der Waals surface area (Å²) >= 11 is 0. The highest BCUT2D eigenvalue weighted by atomic mass is 19.1. The van der Waals surface area contributed by atoms with E-state index in [9.17, 15) is 4.39 Å². The molecule has 7 nitrogen and oxygen atoms in total. The summed E-state index contributed by atoms with van der Waals surface area (Å²) in [5.74, 6) is 0.357. The lowest BCUT2D eigenvalue weighted by atomic mass is 9.92. The molecular weight excluding hydrogens is 421 g/mol. The summed E-state index contributed by atoms with van der Waals surface area (Å²) in [6.45, 7) is 4.65. The standard InChI is InChI=1S/C25H34FN5O2/c1-15-20(26)10-9-17-13-19(25(32)28-16(2)27)24(30-23(15)17)31-12-11-21(22(14-31)33-3)29-18-7-5-4-6-8-18/h9-10,13,18,21-22,29H,4-8,11-12,14H2,1-3H3,(H2,27,28,32)/p+1/t21?,22-/m0/s1. The molecule has 0 spiro atoms. The predicted octanol–water partition coefficient (Wildman–Crippen LogP) is 3.67. The molecule has 0 radical (unpaired) electrons. The van der Waals surface area contributed by atoms with E-state index in [1.165, 1.54) is 38.2 Å². The minimum atomic E-state index is -0.297. The van der Waals surface area contributed by atoms with Gasteiger partial charge in [-0.25, -0.2) is 9.37 Å². The van der Waals surface area contributed by atoms with E-state index >= 15 is 0 Å². The largest absolute Gasteiger partial charge is 0.578 e. The second kappa shape index (κ2) is 10.1. The highest BCUT2D eigenvalue weighted by Gasteiger charge is 2.34. The molecule has 1 unspecified atom stereocenters. The Morgan fingerprint density at radius 3 is 2.73 bits per heavy atom. The molecule has 178 valence electrons. The SMILES string of the molecule is CO[C@H]1CN(c2nc3c(C)c(F)ccc3cc2C([OH2+])=NC(C)=N)CCC1NC1CCCCC1. The Hall–Kier alpha value is -2.58. The van der Waals surface area contributed by atoms with Gasteiger partial charge in [-0.05, 0) is 51.3 Å². The summed E-state index contributed by atoms with van der Waals surface area (Å²) in [7, 11) is 1.74. The van der Waals surface area contributed by atoms with Gasteiger partial charge in [-0.2, -0.15) is 4.99 Å². The number of piperidine rings is 1. The van der Waals surface area contributed by atoms with Crippen molar-refractivity contribution in [1.29, 1.82) is 5.41 Å². The molecule has 2 aliphatic rings. The third kappa shape index (κ3) is 5.17. The van der Waals surface area contributed by atoms with Crippen LogP contribution in [0.2, 0.25) is 0 Å². The second-order valence-electron chi connectivity index (χ2n) is 9.27. The van der Waals surface area contributed by atoms with Crippen LogP contribution in [0.15, 0.2) is 23.2 Å². The lowest BCUT2D eigenvalue weighted by Gasteiger charge is -2.41.